The first-order chi connectivity index (χ1) is 14.0. The molecule has 0 aromatic heterocycles. The number of hydrogen-bond acceptors (Lipinski definition) is 3. The first-order valence-corrected chi connectivity index (χ1v) is 9.81. The van der Waals surface area contributed by atoms with Crippen LogP contribution >= 0.6 is 15.9 Å². The van der Waals surface area contributed by atoms with Crippen LogP contribution in [0.5, 0.6) is 11.5 Å². The Kier molecular flexibility index (Phi) is 6.88. The van der Waals surface area contributed by atoms with Crippen LogP contribution in [-0.2, 0) is 11.2 Å². The lowest BCUT2D eigenvalue weighted by Crippen LogP contribution is -2.31. The van der Waals surface area contributed by atoms with Gasteiger partial charge in [-0.25, -0.2) is 4.39 Å². The molecule has 0 aliphatic heterocycles. The molecular weight excluding hydrogens is 437 g/mol. The van der Waals surface area contributed by atoms with Crippen LogP contribution in [0.4, 0.5) is 4.39 Å². The number of nitrogens with one attached hydrogen (secondary N) is 1. The van der Waals surface area contributed by atoms with Gasteiger partial charge in [0.2, 0.25) is 5.91 Å². The highest BCUT2D eigenvalue weighted by atomic mass is 79.9. The molecule has 29 heavy (non-hydrogen) atoms. The second-order valence-electron chi connectivity index (χ2n) is 6.44. The third-order valence-electron chi connectivity index (χ3n) is 4.52. The highest BCUT2D eigenvalue weighted by Gasteiger charge is 2.21. The molecule has 3 aromatic rings. The van der Waals surface area contributed by atoms with E-state index in [9.17, 15) is 9.18 Å². The third-order valence-corrected chi connectivity index (χ3v) is 5.02. The molecule has 0 aliphatic rings. The maximum atomic E-state index is 14.6. The topological polar surface area (TPSA) is 47.6 Å². The van der Waals surface area contributed by atoms with Crippen molar-refractivity contribution in [2.75, 3.05) is 14.2 Å². The Labute approximate surface area is 177 Å². The van der Waals surface area contributed by atoms with Crippen LogP contribution in [0.25, 0.3) is 0 Å². The lowest BCUT2D eigenvalue weighted by molar-refractivity contribution is -0.120. The maximum Gasteiger partial charge on any atom is 0.225 e. The van der Waals surface area contributed by atoms with Gasteiger partial charge in [0.15, 0.2) is 11.5 Å². The fourth-order valence-corrected chi connectivity index (χ4v) is 3.44. The minimum atomic E-state index is -0.600. The fourth-order valence-electron chi connectivity index (χ4n) is 3.11. The molecular formula is C23H21BrFNO3. The first kappa shape index (κ1) is 20.9. The molecule has 0 fully saturated rings. The van der Waals surface area contributed by atoms with Crippen LogP contribution in [-0.4, -0.2) is 20.1 Å². The van der Waals surface area contributed by atoms with Crippen molar-refractivity contribution in [2.45, 2.75) is 12.5 Å². The number of amides is 1. The summed E-state index contributed by atoms with van der Waals surface area (Å²) in [7, 11) is 3.10. The normalized spacial score (nSPS) is 11.6. The molecule has 0 spiro atoms. The molecule has 1 N–H and O–H groups in total. The van der Waals surface area contributed by atoms with Crippen LogP contribution in [0.15, 0.2) is 71.2 Å². The summed E-state index contributed by atoms with van der Waals surface area (Å²) in [4.78, 5) is 12.8. The highest BCUT2D eigenvalue weighted by molar-refractivity contribution is 9.10. The minimum absolute atomic E-state index is 0.127. The molecule has 0 aliphatic carbocycles. The Morgan fingerprint density at radius 3 is 2.38 bits per heavy atom. The zero-order valence-corrected chi connectivity index (χ0v) is 17.7. The van der Waals surface area contributed by atoms with Crippen LogP contribution in [0.3, 0.4) is 0 Å². The molecule has 3 rings (SSSR count). The van der Waals surface area contributed by atoms with Crippen molar-refractivity contribution in [3.05, 3.63) is 93.7 Å². The number of hydrogen-bond donors (Lipinski definition) is 1. The van der Waals surface area contributed by atoms with Gasteiger partial charge in [-0.1, -0.05) is 58.4 Å². The highest BCUT2D eigenvalue weighted by Crippen LogP contribution is 2.29. The largest absolute Gasteiger partial charge is 0.493 e. The molecule has 1 amide bonds. The van der Waals surface area contributed by atoms with Gasteiger partial charge in [0.1, 0.15) is 5.82 Å². The molecule has 150 valence electrons. The van der Waals surface area contributed by atoms with E-state index in [1.54, 1.807) is 44.6 Å². The van der Waals surface area contributed by atoms with E-state index in [4.69, 9.17) is 9.47 Å². The summed E-state index contributed by atoms with van der Waals surface area (Å²) in [6, 6.07) is 18.9. The van der Waals surface area contributed by atoms with Gasteiger partial charge in [-0.3, -0.25) is 4.79 Å². The van der Waals surface area contributed by atoms with E-state index < -0.39 is 6.04 Å². The minimum Gasteiger partial charge on any atom is -0.493 e. The van der Waals surface area contributed by atoms with E-state index >= 15 is 0 Å². The van der Waals surface area contributed by atoms with E-state index in [0.717, 1.165) is 11.1 Å². The van der Waals surface area contributed by atoms with Gasteiger partial charge in [-0.15, -0.1) is 0 Å². The number of benzene rings is 3. The number of methoxy groups -OCH3 is 2. The zero-order chi connectivity index (χ0) is 20.8. The maximum absolute atomic E-state index is 14.6. The van der Waals surface area contributed by atoms with Crippen molar-refractivity contribution >= 4 is 21.8 Å². The van der Waals surface area contributed by atoms with Crippen molar-refractivity contribution in [3.63, 3.8) is 0 Å². The van der Waals surface area contributed by atoms with E-state index in [0.29, 0.717) is 21.5 Å². The predicted molar refractivity (Wildman–Crippen MR) is 114 cm³/mol. The van der Waals surface area contributed by atoms with E-state index in [1.807, 2.05) is 30.3 Å². The Morgan fingerprint density at radius 2 is 1.72 bits per heavy atom. The summed E-state index contributed by atoms with van der Waals surface area (Å²) in [5.74, 6) is 0.528. The van der Waals surface area contributed by atoms with E-state index in [2.05, 4.69) is 21.2 Å². The summed E-state index contributed by atoms with van der Waals surface area (Å²) < 4.78 is 25.8. The van der Waals surface area contributed by atoms with Gasteiger partial charge in [0.05, 0.1) is 26.7 Å². The molecule has 1 atom stereocenters. The summed E-state index contributed by atoms with van der Waals surface area (Å²) in [5, 5.41) is 2.96. The van der Waals surface area contributed by atoms with Crippen LogP contribution < -0.4 is 14.8 Å². The second kappa shape index (κ2) is 9.56. The number of carbonyl (C=O) groups excluding carboxylic acids is 1. The van der Waals surface area contributed by atoms with E-state index in [-0.39, 0.29) is 18.1 Å². The number of halogens is 2. The second-order valence-corrected chi connectivity index (χ2v) is 7.36. The standard InChI is InChI=1S/C23H21BrFNO3/c1-28-20-11-8-15(12-21(20)29-2)13-22(27)26-23(16-6-4-3-5-7-16)18-10-9-17(24)14-19(18)25/h3-12,14,23H,13H2,1-2H3,(H,26,27). The lowest BCUT2D eigenvalue weighted by Gasteiger charge is -2.21. The number of carbonyl (C=O) groups is 1. The molecule has 0 heterocycles. The van der Waals surface area contributed by atoms with Crippen LogP contribution in [0, 0.1) is 5.82 Å². The SMILES string of the molecule is COc1ccc(CC(=O)NC(c2ccccc2)c2ccc(Br)cc2F)cc1OC. The molecule has 0 saturated heterocycles. The van der Waals surface area contributed by atoms with Gasteiger partial charge in [-0.2, -0.15) is 0 Å². The quantitative estimate of drug-likeness (QED) is 0.539. The molecule has 0 radical (unpaired) electrons. The molecule has 0 saturated carbocycles. The monoisotopic (exact) mass is 457 g/mol. The third kappa shape index (κ3) is 5.15. The smallest absolute Gasteiger partial charge is 0.225 e. The van der Waals surface area contributed by atoms with Crippen molar-refractivity contribution in [1.29, 1.82) is 0 Å². The summed E-state index contributed by atoms with van der Waals surface area (Å²) >= 11 is 3.27. The molecule has 3 aromatic carbocycles. The van der Waals surface area contributed by atoms with Crippen LogP contribution in [0.1, 0.15) is 22.7 Å². The predicted octanol–water partition coefficient (Wildman–Crippen LogP) is 5.05. The lowest BCUT2D eigenvalue weighted by atomic mass is 9.97. The van der Waals surface area contributed by atoms with E-state index in [1.165, 1.54) is 6.07 Å². The van der Waals surface area contributed by atoms with Gasteiger partial charge >= 0.3 is 0 Å². The Hall–Kier alpha value is -2.86. The number of ether oxygens (including phenoxy) is 2. The Morgan fingerprint density at radius 1 is 1.00 bits per heavy atom. The molecule has 0 bridgehead atoms. The first-order valence-electron chi connectivity index (χ1n) is 9.02. The number of rotatable bonds is 7. The summed E-state index contributed by atoms with van der Waals surface area (Å²) in [6.45, 7) is 0. The van der Waals surface area contributed by atoms with Crippen molar-refractivity contribution in [1.82, 2.24) is 5.32 Å². The van der Waals surface area contributed by atoms with Crippen molar-refractivity contribution in [3.8, 4) is 11.5 Å². The average molecular weight is 458 g/mol. The van der Waals surface area contributed by atoms with Gasteiger partial charge in [0.25, 0.3) is 0 Å². The van der Waals surface area contributed by atoms with Gasteiger partial charge < -0.3 is 14.8 Å². The van der Waals surface area contributed by atoms with Gasteiger partial charge in [0, 0.05) is 10.0 Å². The van der Waals surface area contributed by atoms with Crippen LogP contribution in [0.2, 0.25) is 0 Å². The summed E-state index contributed by atoms with van der Waals surface area (Å²) in [5.41, 5.74) is 1.97. The zero-order valence-electron chi connectivity index (χ0n) is 16.1. The Bertz CT molecular complexity index is 995. The summed E-state index contributed by atoms with van der Waals surface area (Å²) in [6.07, 6.45) is 0.127. The molecule has 4 nitrogen and oxygen atoms in total. The molecule has 1 unspecified atom stereocenters. The Balaban J connectivity index is 1.85. The fraction of sp³-hybridized carbons (Fsp3) is 0.174. The van der Waals surface area contributed by atoms with Gasteiger partial charge in [-0.05, 0) is 35.4 Å². The molecule has 6 heteroatoms. The average Bonchev–Trinajstić information content (AvgIpc) is 2.73. The van der Waals surface area contributed by atoms with Crippen molar-refractivity contribution in [2.24, 2.45) is 0 Å². The van der Waals surface area contributed by atoms with Crippen molar-refractivity contribution < 1.29 is 18.7 Å².